The molecule has 0 amide bonds. The van der Waals surface area contributed by atoms with Crippen LogP contribution in [0.25, 0.3) is 111 Å². The van der Waals surface area contributed by atoms with E-state index in [-0.39, 0.29) is 0 Å². The monoisotopic (exact) mass is 791 g/mol. The van der Waals surface area contributed by atoms with E-state index in [2.05, 4.69) is 215 Å². The van der Waals surface area contributed by atoms with E-state index in [1.807, 2.05) is 18.2 Å². The zero-order valence-corrected chi connectivity index (χ0v) is 33.6. The zero-order chi connectivity index (χ0) is 41.0. The van der Waals surface area contributed by atoms with Crippen molar-refractivity contribution in [1.29, 1.82) is 0 Å². The van der Waals surface area contributed by atoms with E-state index in [4.69, 9.17) is 15.1 Å². The molecule has 0 aliphatic heterocycles. The molecule has 8 aromatic carbocycles. The third-order valence-corrected chi connectivity index (χ3v) is 11.9. The van der Waals surface area contributed by atoms with Gasteiger partial charge in [0.05, 0.1) is 27.9 Å². The molecule has 0 fully saturated rings. The highest BCUT2D eigenvalue weighted by molar-refractivity contribution is 6.15. The Labute approximate surface area is 358 Å². The molecule has 0 radical (unpaired) electrons. The highest BCUT2D eigenvalue weighted by Gasteiger charge is 2.26. The molecule has 4 heterocycles. The van der Waals surface area contributed by atoms with E-state index in [0.29, 0.717) is 5.82 Å². The number of aromatic nitrogens is 5. The summed E-state index contributed by atoms with van der Waals surface area (Å²) in [5, 5.41) is 10.2. The fourth-order valence-corrected chi connectivity index (χ4v) is 9.22. The summed E-state index contributed by atoms with van der Waals surface area (Å²) in [6, 6.07) is 79.0. The number of benzene rings is 8. The van der Waals surface area contributed by atoms with Gasteiger partial charge in [-0.3, -0.25) is 4.57 Å². The molecule has 0 atom stereocenters. The Morgan fingerprint density at radius 2 is 0.839 bits per heavy atom. The van der Waals surface area contributed by atoms with Crippen LogP contribution in [-0.2, 0) is 0 Å². The fraction of sp³-hybridized carbons (Fsp3) is 0. The van der Waals surface area contributed by atoms with Gasteiger partial charge in [0, 0.05) is 55.6 Å². The lowest BCUT2D eigenvalue weighted by molar-refractivity contribution is 0.981. The largest absolute Gasteiger partial charge is 0.294 e. The number of para-hydroxylation sites is 2. The first-order valence-corrected chi connectivity index (χ1v) is 21.0. The number of fused-ring (bicyclic) bond motifs is 6. The van der Waals surface area contributed by atoms with Crippen molar-refractivity contribution in [1.82, 2.24) is 24.1 Å². The molecular weight excluding hydrogens is 755 g/mol. The minimum atomic E-state index is 0.667. The van der Waals surface area contributed by atoms with Crippen LogP contribution in [0.5, 0.6) is 0 Å². The maximum absolute atomic E-state index is 5.58. The minimum absolute atomic E-state index is 0.667. The van der Waals surface area contributed by atoms with Crippen LogP contribution in [-0.4, -0.2) is 24.1 Å². The van der Waals surface area contributed by atoms with Gasteiger partial charge in [0.25, 0.3) is 0 Å². The van der Waals surface area contributed by atoms with Crippen molar-refractivity contribution < 1.29 is 0 Å². The Balaban J connectivity index is 1.14. The maximum atomic E-state index is 5.58. The van der Waals surface area contributed by atoms with Crippen molar-refractivity contribution in [2.24, 2.45) is 0 Å². The molecule has 12 aromatic rings. The van der Waals surface area contributed by atoms with Crippen LogP contribution in [0.4, 0.5) is 0 Å². The van der Waals surface area contributed by atoms with Crippen LogP contribution in [0.15, 0.2) is 224 Å². The van der Waals surface area contributed by atoms with Crippen LogP contribution in [0, 0.1) is 0 Å². The molecular formula is C57H37N5. The first-order valence-electron chi connectivity index (χ1n) is 21.0. The molecule has 290 valence electrons. The zero-order valence-electron chi connectivity index (χ0n) is 33.6. The quantitative estimate of drug-likeness (QED) is 0.162. The van der Waals surface area contributed by atoms with Gasteiger partial charge in [-0.05, 0) is 34.7 Å². The van der Waals surface area contributed by atoms with Crippen LogP contribution < -0.4 is 0 Å². The molecule has 12 rings (SSSR count). The van der Waals surface area contributed by atoms with Crippen LogP contribution in [0.3, 0.4) is 0 Å². The van der Waals surface area contributed by atoms with E-state index < -0.39 is 0 Å². The summed E-state index contributed by atoms with van der Waals surface area (Å²) >= 11 is 0. The first kappa shape index (κ1) is 35.5. The Morgan fingerprint density at radius 1 is 0.339 bits per heavy atom. The second-order valence-corrected chi connectivity index (χ2v) is 15.6. The van der Waals surface area contributed by atoms with Gasteiger partial charge < -0.3 is 0 Å². The lowest BCUT2D eigenvalue weighted by Crippen LogP contribution is -2.03. The van der Waals surface area contributed by atoms with E-state index in [1.165, 1.54) is 10.8 Å². The van der Waals surface area contributed by atoms with Crippen molar-refractivity contribution in [3.8, 4) is 73.2 Å². The Morgan fingerprint density at radius 3 is 1.48 bits per heavy atom. The molecule has 0 saturated heterocycles. The Hall–Kier alpha value is -8.41. The highest BCUT2D eigenvalue weighted by Crippen LogP contribution is 2.46. The van der Waals surface area contributed by atoms with Gasteiger partial charge in [-0.25, -0.2) is 14.5 Å². The molecule has 0 saturated carbocycles. The predicted molar refractivity (Wildman–Crippen MR) is 255 cm³/mol. The van der Waals surface area contributed by atoms with Crippen molar-refractivity contribution in [3.05, 3.63) is 224 Å². The van der Waals surface area contributed by atoms with Gasteiger partial charge in [-0.2, -0.15) is 5.10 Å². The third-order valence-electron chi connectivity index (χ3n) is 11.9. The van der Waals surface area contributed by atoms with Crippen molar-refractivity contribution in [2.75, 3.05) is 0 Å². The van der Waals surface area contributed by atoms with E-state index in [1.54, 1.807) is 0 Å². The summed E-state index contributed by atoms with van der Waals surface area (Å²) in [4.78, 5) is 10.6. The van der Waals surface area contributed by atoms with E-state index in [0.717, 1.165) is 94.7 Å². The number of hydrogen-bond acceptors (Lipinski definition) is 3. The highest BCUT2D eigenvalue weighted by atomic mass is 15.2. The summed E-state index contributed by atoms with van der Waals surface area (Å²) < 4.78 is 4.47. The van der Waals surface area contributed by atoms with Gasteiger partial charge in [-0.15, -0.1) is 0 Å². The van der Waals surface area contributed by atoms with E-state index >= 15 is 0 Å². The fourth-order valence-electron chi connectivity index (χ4n) is 9.22. The van der Waals surface area contributed by atoms with Gasteiger partial charge in [0.15, 0.2) is 5.82 Å². The first-order chi connectivity index (χ1) is 30.8. The lowest BCUT2D eigenvalue weighted by atomic mass is 9.90. The summed E-state index contributed by atoms with van der Waals surface area (Å²) in [6.07, 6.45) is 0. The molecule has 0 bridgehead atoms. The van der Waals surface area contributed by atoms with Crippen molar-refractivity contribution in [2.45, 2.75) is 0 Å². The predicted octanol–water partition coefficient (Wildman–Crippen LogP) is 14.4. The molecule has 5 nitrogen and oxygen atoms in total. The Bertz CT molecular complexity index is 3560. The van der Waals surface area contributed by atoms with Gasteiger partial charge in [0.2, 0.25) is 0 Å². The van der Waals surface area contributed by atoms with Crippen LogP contribution >= 0.6 is 0 Å². The number of pyridine rings is 1. The van der Waals surface area contributed by atoms with Gasteiger partial charge in [0.1, 0.15) is 11.5 Å². The third kappa shape index (κ3) is 5.82. The summed E-state index contributed by atoms with van der Waals surface area (Å²) in [5.74, 6) is 1.48. The molecule has 62 heavy (non-hydrogen) atoms. The number of rotatable bonds is 7. The Kier molecular flexibility index (Phi) is 8.42. The van der Waals surface area contributed by atoms with Crippen LogP contribution in [0.1, 0.15) is 0 Å². The minimum Gasteiger partial charge on any atom is -0.294 e. The number of hydrogen-bond donors (Lipinski definition) is 0. The summed E-state index contributed by atoms with van der Waals surface area (Å²) in [7, 11) is 0. The second kappa shape index (κ2) is 14.7. The summed E-state index contributed by atoms with van der Waals surface area (Å²) in [5.41, 5.74) is 14.6. The number of nitrogens with zero attached hydrogens (tertiary/aromatic N) is 5. The molecule has 4 aromatic heterocycles. The smallest absolute Gasteiger partial charge is 0.162 e. The van der Waals surface area contributed by atoms with Crippen molar-refractivity contribution in [3.63, 3.8) is 0 Å². The van der Waals surface area contributed by atoms with E-state index in [9.17, 15) is 0 Å². The van der Waals surface area contributed by atoms with Gasteiger partial charge >= 0.3 is 0 Å². The van der Waals surface area contributed by atoms with Gasteiger partial charge in [-0.1, -0.05) is 200 Å². The maximum Gasteiger partial charge on any atom is 0.162 e. The molecule has 0 N–H and O–H groups in total. The molecule has 0 spiro atoms. The normalized spacial score (nSPS) is 11.5. The molecule has 0 unspecified atom stereocenters. The average molecular weight is 792 g/mol. The molecule has 5 heteroatoms. The SMILES string of the molecule is c1ccc(-c2nc(-c3cccc(-c4c(-c5ccccc5)n5nc(-c6ccccc6)c(-c6ccccc6)c5c5ccccc45)c3)cc(-n3c4ccccc4c4ccccc43)n2)cc1. The second-order valence-electron chi connectivity index (χ2n) is 15.6. The lowest BCUT2D eigenvalue weighted by Gasteiger charge is -2.18. The molecule has 0 aliphatic carbocycles. The topological polar surface area (TPSA) is 48.0 Å². The van der Waals surface area contributed by atoms with Crippen molar-refractivity contribution >= 4 is 38.1 Å². The molecule has 0 aliphatic rings. The average Bonchev–Trinajstić information content (AvgIpc) is 3.92. The summed E-state index contributed by atoms with van der Waals surface area (Å²) in [6.45, 7) is 0. The standard InChI is InChI=1S/C57H37N5/c1-5-20-38(21-6-1)53-54(39-22-7-2-8-23-39)60-62-55(40-24-9-3-10-25-40)52(46-32-13-14-33-47(46)56(53)62)43-29-19-28-42(36-43)48-37-51(59-57(58-48)41-26-11-4-12-27-41)61-49-34-17-15-30-44(49)45-31-16-18-35-50(45)61/h1-37H. The van der Waals surface area contributed by atoms with Crippen LogP contribution in [0.2, 0.25) is 0 Å².